The summed E-state index contributed by atoms with van der Waals surface area (Å²) in [6, 6.07) is 25.4. The maximum absolute atomic E-state index is 13.8. The number of aliphatic imine (C=N–C) groups is 1. The molecule has 6 heteroatoms. The first-order chi connectivity index (χ1) is 15.8. The number of nitrogens with zero attached hydrogens (tertiary/aromatic N) is 2. The molecule has 6 rings (SSSR count). The Morgan fingerprint density at radius 3 is 2.47 bits per heavy atom. The zero-order valence-corrected chi connectivity index (χ0v) is 17.3. The normalized spacial score (nSPS) is 19.4. The maximum atomic E-state index is 13.8. The third-order valence-corrected chi connectivity index (χ3v) is 5.97. The van der Waals surface area contributed by atoms with E-state index in [1.54, 1.807) is 0 Å². The molecule has 0 spiro atoms. The molecule has 158 valence electrons. The molecule has 0 aliphatic carbocycles. The zero-order valence-electron chi connectivity index (χ0n) is 17.3. The minimum absolute atomic E-state index is 0.0561. The molecule has 3 heterocycles. The summed E-state index contributed by atoms with van der Waals surface area (Å²) in [4.78, 5) is 20.5. The number of nitrogens with one attached hydrogen (secondary N) is 1. The van der Waals surface area contributed by atoms with Crippen molar-refractivity contribution in [3.05, 3.63) is 101 Å². The number of amides is 1. The van der Waals surface area contributed by atoms with Crippen LogP contribution >= 0.6 is 0 Å². The number of hydrogen-bond donors (Lipinski definition) is 1. The van der Waals surface area contributed by atoms with Crippen molar-refractivity contribution in [3.63, 3.8) is 0 Å². The van der Waals surface area contributed by atoms with Crippen LogP contribution in [0.4, 0.5) is 5.69 Å². The van der Waals surface area contributed by atoms with Crippen LogP contribution in [0, 0.1) is 0 Å². The third-order valence-electron chi connectivity index (χ3n) is 5.97. The molecule has 1 amide bonds. The summed E-state index contributed by atoms with van der Waals surface area (Å²) in [6.07, 6.45) is 0. The van der Waals surface area contributed by atoms with Gasteiger partial charge in [0, 0.05) is 23.4 Å². The molecular weight excluding hydrogens is 402 g/mol. The van der Waals surface area contributed by atoms with Gasteiger partial charge in [0.05, 0.1) is 18.3 Å². The van der Waals surface area contributed by atoms with E-state index in [1.807, 2.05) is 83.8 Å². The molecular formula is C26H21N3O3. The van der Waals surface area contributed by atoms with Crippen molar-refractivity contribution in [3.8, 4) is 11.5 Å². The average molecular weight is 423 g/mol. The number of ether oxygens (including phenoxy) is 2. The summed E-state index contributed by atoms with van der Waals surface area (Å²) in [6.45, 7) is 1.41. The molecule has 0 radical (unpaired) electrons. The van der Waals surface area contributed by atoms with Crippen molar-refractivity contribution in [1.82, 2.24) is 5.32 Å². The second-order valence-corrected chi connectivity index (χ2v) is 7.84. The number of fused-ring (bicyclic) bond motifs is 1. The summed E-state index contributed by atoms with van der Waals surface area (Å²) in [5, 5.41) is 3.36. The topological polar surface area (TPSA) is 63.2 Å². The molecule has 1 N–H and O–H groups in total. The first-order valence-corrected chi connectivity index (χ1v) is 10.7. The predicted octanol–water partition coefficient (Wildman–Crippen LogP) is 3.85. The third kappa shape index (κ3) is 2.95. The lowest BCUT2D eigenvalue weighted by molar-refractivity contribution is -0.115. The van der Waals surface area contributed by atoms with Crippen LogP contribution in [0.5, 0.6) is 11.5 Å². The lowest BCUT2D eigenvalue weighted by Gasteiger charge is -2.28. The van der Waals surface area contributed by atoms with Gasteiger partial charge in [-0.15, -0.1) is 0 Å². The molecule has 0 bridgehead atoms. The Morgan fingerprint density at radius 2 is 1.66 bits per heavy atom. The second-order valence-electron chi connectivity index (χ2n) is 7.84. The van der Waals surface area contributed by atoms with E-state index in [0.717, 1.165) is 33.8 Å². The summed E-state index contributed by atoms with van der Waals surface area (Å²) in [5.74, 6) is 1.35. The summed E-state index contributed by atoms with van der Waals surface area (Å²) >= 11 is 0. The van der Waals surface area contributed by atoms with E-state index in [1.165, 1.54) is 0 Å². The van der Waals surface area contributed by atoms with Gasteiger partial charge in [-0.3, -0.25) is 14.7 Å². The predicted molar refractivity (Wildman–Crippen MR) is 122 cm³/mol. The van der Waals surface area contributed by atoms with Crippen LogP contribution in [0.2, 0.25) is 0 Å². The van der Waals surface area contributed by atoms with E-state index >= 15 is 0 Å². The highest BCUT2D eigenvalue weighted by Crippen LogP contribution is 2.45. The van der Waals surface area contributed by atoms with Gasteiger partial charge < -0.3 is 14.8 Å². The Kier molecular flexibility index (Phi) is 4.42. The van der Waals surface area contributed by atoms with Crippen molar-refractivity contribution in [1.29, 1.82) is 0 Å². The lowest BCUT2D eigenvalue weighted by atomic mass is 9.91. The number of hydrogen-bond acceptors (Lipinski definition) is 5. The SMILES string of the molecule is O=C1C2=C(C(c3ccccc3)=NCCN2)C(c2ccc3c(c2)OCO3)N1c1ccccc1. The molecule has 3 aromatic rings. The van der Waals surface area contributed by atoms with Crippen LogP contribution in [-0.2, 0) is 4.79 Å². The number of rotatable bonds is 3. The number of anilines is 1. The summed E-state index contributed by atoms with van der Waals surface area (Å²) in [7, 11) is 0. The van der Waals surface area contributed by atoms with Crippen LogP contribution < -0.4 is 19.7 Å². The first-order valence-electron chi connectivity index (χ1n) is 10.7. The first kappa shape index (κ1) is 18.7. The largest absolute Gasteiger partial charge is 0.454 e. The second kappa shape index (κ2) is 7.57. The minimum Gasteiger partial charge on any atom is -0.454 e. The maximum Gasteiger partial charge on any atom is 0.275 e. The van der Waals surface area contributed by atoms with Crippen LogP contribution in [0.3, 0.4) is 0 Å². The molecule has 1 unspecified atom stereocenters. The highest BCUT2D eigenvalue weighted by atomic mass is 16.7. The highest BCUT2D eigenvalue weighted by molar-refractivity contribution is 6.23. The quantitative estimate of drug-likeness (QED) is 0.695. The zero-order chi connectivity index (χ0) is 21.5. The monoisotopic (exact) mass is 423 g/mol. The molecule has 0 saturated heterocycles. The van der Waals surface area contributed by atoms with Crippen molar-refractivity contribution >= 4 is 17.3 Å². The van der Waals surface area contributed by atoms with E-state index in [-0.39, 0.29) is 18.7 Å². The summed E-state index contributed by atoms with van der Waals surface area (Å²) in [5.41, 5.74) is 5.13. The van der Waals surface area contributed by atoms with Gasteiger partial charge in [0.25, 0.3) is 5.91 Å². The molecule has 6 nitrogen and oxygen atoms in total. The van der Waals surface area contributed by atoms with E-state index < -0.39 is 0 Å². The number of carbonyl (C=O) groups excluding carboxylic acids is 1. The standard InChI is InChI=1S/C26H21N3O3/c30-26-24-22(23(27-13-14-28-24)17-7-3-1-4-8-17)25(29(26)19-9-5-2-6-10-19)18-11-12-20-21(15-18)32-16-31-20/h1-12,15,25,28H,13-14,16H2. The Hall–Kier alpha value is -4.06. The van der Waals surface area contributed by atoms with Crippen molar-refractivity contribution in [2.45, 2.75) is 6.04 Å². The molecule has 3 aliphatic rings. The van der Waals surface area contributed by atoms with Crippen LogP contribution in [-0.4, -0.2) is 31.5 Å². The van der Waals surface area contributed by atoms with Gasteiger partial charge in [0.2, 0.25) is 6.79 Å². The molecule has 32 heavy (non-hydrogen) atoms. The smallest absolute Gasteiger partial charge is 0.275 e. The lowest BCUT2D eigenvalue weighted by Crippen LogP contribution is -2.33. The van der Waals surface area contributed by atoms with Gasteiger partial charge in [-0.1, -0.05) is 54.6 Å². The number of carbonyl (C=O) groups is 1. The van der Waals surface area contributed by atoms with Crippen molar-refractivity contribution in [2.24, 2.45) is 4.99 Å². The molecule has 3 aromatic carbocycles. The number of benzene rings is 3. The van der Waals surface area contributed by atoms with Crippen molar-refractivity contribution < 1.29 is 14.3 Å². The fraction of sp³-hybridized carbons (Fsp3) is 0.154. The van der Waals surface area contributed by atoms with Crippen LogP contribution in [0.25, 0.3) is 0 Å². The molecule has 0 aromatic heterocycles. The van der Waals surface area contributed by atoms with Crippen LogP contribution in [0.1, 0.15) is 17.2 Å². The van der Waals surface area contributed by atoms with Gasteiger partial charge >= 0.3 is 0 Å². The Bertz CT molecular complexity index is 1250. The molecule has 1 atom stereocenters. The fourth-order valence-corrected chi connectivity index (χ4v) is 4.57. The molecule has 0 fully saturated rings. The van der Waals surface area contributed by atoms with Gasteiger partial charge in [0.1, 0.15) is 5.70 Å². The number of para-hydroxylation sites is 1. The van der Waals surface area contributed by atoms with E-state index in [4.69, 9.17) is 14.5 Å². The summed E-state index contributed by atoms with van der Waals surface area (Å²) < 4.78 is 11.2. The molecule has 3 aliphatic heterocycles. The van der Waals surface area contributed by atoms with Gasteiger partial charge in [0.15, 0.2) is 11.5 Å². The average Bonchev–Trinajstić information content (AvgIpc) is 3.34. The van der Waals surface area contributed by atoms with Crippen molar-refractivity contribution in [2.75, 3.05) is 24.8 Å². The van der Waals surface area contributed by atoms with Gasteiger partial charge in [-0.05, 0) is 29.8 Å². The molecule has 0 saturated carbocycles. The Morgan fingerprint density at radius 1 is 0.906 bits per heavy atom. The Labute approximate surface area is 185 Å². The van der Waals surface area contributed by atoms with E-state index in [0.29, 0.717) is 24.5 Å². The van der Waals surface area contributed by atoms with E-state index in [9.17, 15) is 4.79 Å². The fourth-order valence-electron chi connectivity index (χ4n) is 4.57. The Balaban J connectivity index is 1.57. The van der Waals surface area contributed by atoms with Crippen LogP contribution in [0.15, 0.2) is 95.1 Å². The van der Waals surface area contributed by atoms with Gasteiger partial charge in [-0.2, -0.15) is 0 Å². The minimum atomic E-state index is -0.348. The van der Waals surface area contributed by atoms with E-state index in [2.05, 4.69) is 5.32 Å². The highest BCUT2D eigenvalue weighted by Gasteiger charge is 2.44. The van der Waals surface area contributed by atoms with Gasteiger partial charge in [-0.25, -0.2) is 0 Å².